The molecule has 20 heavy (non-hydrogen) atoms. The van der Waals surface area contributed by atoms with Crippen LogP contribution in [0.1, 0.15) is 16.7 Å². The summed E-state index contributed by atoms with van der Waals surface area (Å²) < 4.78 is 28.2. The van der Waals surface area contributed by atoms with Gasteiger partial charge in [0.25, 0.3) is 0 Å². The minimum atomic E-state index is -3.41. The number of nitrogens with one attached hydrogen (secondary N) is 1. The fraction of sp³-hybridized carbons (Fsp3) is 0.286. The molecule has 0 unspecified atom stereocenters. The molecule has 6 heteroatoms. The van der Waals surface area contributed by atoms with E-state index in [1.165, 1.54) is 22.5 Å². The first kappa shape index (κ1) is 15.7. The average molecular weight is 374 g/mol. The maximum Gasteiger partial charge on any atom is 0.250 e. The average Bonchev–Trinajstić information content (AvgIpc) is 2.73. The molecule has 2 aromatic rings. The van der Waals surface area contributed by atoms with Gasteiger partial charge in [-0.2, -0.15) is 0 Å². The molecule has 0 amide bonds. The SMILES string of the molecule is Cc1ccccc1CCNS(=O)(=O)c1cc(C)c(Br)s1. The van der Waals surface area contributed by atoms with Crippen molar-refractivity contribution < 1.29 is 8.42 Å². The summed E-state index contributed by atoms with van der Waals surface area (Å²) in [6.07, 6.45) is 0.692. The molecular weight excluding hydrogens is 358 g/mol. The van der Waals surface area contributed by atoms with Gasteiger partial charge in [-0.05, 0) is 59.0 Å². The van der Waals surface area contributed by atoms with E-state index in [9.17, 15) is 8.42 Å². The molecule has 0 spiro atoms. The van der Waals surface area contributed by atoms with Crippen LogP contribution in [-0.4, -0.2) is 15.0 Å². The number of rotatable bonds is 5. The van der Waals surface area contributed by atoms with Gasteiger partial charge < -0.3 is 0 Å². The van der Waals surface area contributed by atoms with Gasteiger partial charge >= 0.3 is 0 Å². The smallest absolute Gasteiger partial charge is 0.210 e. The van der Waals surface area contributed by atoms with Crippen LogP contribution in [0.25, 0.3) is 0 Å². The fourth-order valence-corrected chi connectivity index (χ4v) is 5.15. The third-order valence-corrected chi connectivity index (χ3v) is 7.12. The van der Waals surface area contributed by atoms with Crippen LogP contribution in [0.4, 0.5) is 0 Å². The molecule has 2 rings (SSSR count). The van der Waals surface area contributed by atoms with E-state index >= 15 is 0 Å². The third kappa shape index (κ3) is 3.69. The van der Waals surface area contributed by atoms with Crippen molar-refractivity contribution in [3.8, 4) is 0 Å². The predicted octanol–water partition coefficient (Wildman–Crippen LogP) is 3.65. The summed E-state index contributed by atoms with van der Waals surface area (Å²) in [6, 6.07) is 9.69. The van der Waals surface area contributed by atoms with E-state index in [-0.39, 0.29) is 0 Å². The largest absolute Gasteiger partial charge is 0.250 e. The maximum atomic E-state index is 12.2. The highest BCUT2D eigenvalue weighted by atomic mass is 79.9. The first-order chi connectivity index (χ1) is 9.40. The molecule has 1 aromatic carbocycles. The summed E-state index contributed by atoms with van der Waals surface area (Å²) in [7, 11) is -3.41. The van der Waals surface area contributed by atoms with Gasteiger partial charge in [-0.1, -0.05) is 24.3 Å². The molecule has 3 nitrogen and oxygen atoms in total. The Kier molecular flexibility index (Phi) is 5.01. The zero-order valence-corrected chi connectivity index (χ0v) is 14.5. The molecule has 1 aromatic heterocycles. The monoisotopic (exact) mass is 373 g/mol. The zero-order valence-electron chi connectivity index (χ0n) is 11.3. The molecule has 0 aliphatic heterocycles. The standard InChI is InChI=1S/C14H16BrNO2S2/c1-10-5-3-4-6-12(10)7-8-16-20(17,18)13-9-11(2)14(15)19-13/h3-6,9,16H,7-8H2,1-2H3. The van der Waals surface area contributed by atoms with E-state index in [2.05, 4.69) is 20.7 Å². The Hall–Kier alpha value is -0.690. The second-order valence-electron chi connectivity index (χ2n) is 4.60. The van der Waals surface area contributed by atoms with Gasteiger partial charge in [0.05, 0.1) is 3.79 Å². The molecule has 1 N–H and O–H groups in total. The van der Waals surface area contributed by atoms with Crippen LogP contribution in [0.5, 0.6) is 0 Å². The Morgan fingerprint density at radius 2 is 1.90 bits per heavy atom. The summed E-state index contributed by atoms with van der Waals surface area (Å²) in [5.41, 5.74) is 3.29. The Morgan fingerprint density at radius 1 is 1.20 bits per heavy atom. The van der Waals surface area contributed by atoms with E-state index in [4.69, 9.17) is 0 Å². The van der Waals surface area contributed by atoms with Crippen molar-refractivity contribution in [3.05, 3.63) is 50.8 Å². The molecule has 1 heterocycles. The van der Waals surface area contributed by atoms with E-state index in [0.29, 0.717) is 17.2 Å². The van der Waals surface area contributed by atoms with E-state index in [1.807, 2.05) is 38.1 Å². The molecule has 0 aliphatic carbocycles. The minimum Gasteiger partial charge on any atom is -0.210 e. The Morgan fingerprint density at radius 3 is 2.50 bits per heavy atom. The summed E-state index contributed by atoms with van der Waals surface area (Å²) in [5.74, 6) is 0. The maximum absolute atomic E-state index is 12.2. The summed E-state index contributed by atoms with van der Waals surface area (Å²) in [6.45, 7) is 4.32. The summed E-state index contributed by atoms with van der Waals surface area (Å²) in [4.78, 5) is 0. The van der Waals surface area contributed by atoms with Gasteiger partial charge in [-0.25, -0.2) is 13.1 Å². The molecule has 0 aliphatic rings. The minimum absolute atomic E-state index is 0.353. The molecule has 0 saturated carbocycles. The van der Waals surface area contributed by atoms with Crippen LogP contribution in [-0.2, 0) is 16.4 Å². The van der Waals surface area contributed by atoms with Crippen LogP contribution in [0.3, 0.4) is 0 Å². The highest BCUT2D eigenvalue weighted by Gasteiger charge is 2.17. The van der Waals surface area contributed by atoms with Gasteiger partial charge in [0.15, 0.2) is 0 Å². The Balaban J connectivity index is 2.02. The normalized spacial score (nSPS) is 11.8. The zero-order chi connectivity index (χ0) is 14.8. The van der Waals surface area contributed by atoms with Crippen LogP contribution in [0.2, 0.25) is 0 Å². The number of benzene rings is 1. The van der Waals surface area contributed by atoms with Gasteiger partial charge in [-0.3, -0.25) is 0 Å². The van der Waals surface area contributed by atoms with Crippen LogP contribution in [0.15, 0.2) is 38.3 Å². The van der Waals surface area contributed by atoms with E-state index in [1.54, 1.807) is 6.07 Å². The lowest BCUT2D eigenvalue weighted by Crippen LogP contribution is -2.25. The Bertz CT molecular complexity index is 688. The van der Waals surface area contributed by atoms with Crippen LogP contribution in [0, 0.1) is 13.8 Å². The first-order valence-corrected chi connectivity index (χ1v) is 9.29. The second kappa shape index (κ2) is 6.39. The van der Waals surface area contributed by atoms with E-state index in [0.717, 1.165) is 9.35 Å². The topological polar surface area (TPSA) is 46.2 Å². The third-order valence-electron chi connectivity index (χ3n) is 3.05. The van der Waals surface area contributed by atoms with Gasteiger partial charge in [-0.15, -0.1) is 11.3 Å². The van der Waals surface area contributed by atoms with Crippen molar-refractivity contribution in [2.24, 2.45) is 0 Å². The summed E-state index contributed by atoms with van der Waals surface area (Å²) >= 11 is 4.59. The van der Waals surface area contributed by atoms with Crippen molar-refractivity contribution in [2.75, 3.05) is 6.54 Å². The van der Waals surface area contributed by atoms with Crippen LogP contribution < -0.4 is 4.72 Å². The molecular formula is C14H16BrNO2S2. The van der Waals surface area contributed by atoms with Crippen LogP contribution >= 0.6 is 27.3 Å². The van der Waals surface area contributed by atoms with Gasteiger partial charge in [0.1, 0.15) is 4.21 Å². The quantitative estimate of drug-likeness (QED) is 0.869. The number of hydrogen-bond donors (Lipinski definition) is 1. The molecule has 0 atom stereocenters. The predicted molar refractivity (Wildman–Crippen MR) is 86.8 cm³/mol. The van der Waals surface area contributed by atoms with Crippen molar-refractivity contribution in [2.45, 2.75) is 24.5 Å². The number of hydrogen-bond acceptors (Lipinski definition) is 3. The van der Waals surface area contributed by atoms with E-state index < -0.39 is 10.0 Å². The lowest BCUT2D eigenvalue weighted by atomic mass is 10.1. The van der Waals surface area contributed by atoms with Crippen molar-refractivity contribution >= 4 is 37.3 Å². The van der Waals surface area contributed by atoms with Crippen molar-refractivity contribution in [1.82, 2.24) is 4.72 Å². The van der Waals surface area contributed by atoms with Gasteiger partial charge in [0, 0.05) is 6.54 Å². The molecule has 0 fully saturated rings. The lowest BCUT2D eigenvalue weighted by molar-refractivity contribution is 0.583. The summed E-state index contributed by atoms with van der Waals surface area (Å²) in [5, 5.41) is 0. The Labute approximate surface area is 132 Å². The number of thiophene rings is 1. The highest BCUT2D eigenvalue weighted by molar-refractivity contribution is 9.11. The molecule has 0 saturated heterocycles. The van der Waals surface area contributed by atoms with Gasteiger partial charge in [0.2, 0.25) is 10.0 Å². The van der Waals surface area contributed by atoms with Crippen molar-refractivity contribution in [1.29, 1.82) is 0 Å². The molecule has 0 bridgehead atoms. The van der Waals surface area contributed by atoms with Crippen molar-refractivity contribution in [3.63, 3.8) is 0 Å². The number of halogens is 1. The molecule has 108 valence electrons. The number of aryl methyl sites for hydroxylation is 2. The molecule has 0 radical (unpaired) electrons. The highest BCUT2D eigenvalue weighted by Crippen LogP contribution is 2.30. The first-order valence-electron chi connectivity index (χ1n) is 6.20. The number of sulfonamides is 1. The lowest BCUT2D eigenvalue weighted by Gasteiger charge is -2.07. The second-order valence-corrected chi connectivity index (χ2v) is 8.96. The fourth-order valence-electron chi connectivity index (χ4n) is 1.85.